The first-order valence-corrected chi connectivity index (χ1v) is 7.27. The average molecular weight is 273 g/mol. The molecule has 0 spiro atoms. The lowest BCUT2D eigenvalue weighted by molar-refractivity contribution is 0.344. The predicted molar refractivity (Wildman–Crippen MR) is 77.7 cm³/mol. The van der Waals surface area contributed by atoms with Crippen molar-refractivity contribution in [2.75, 3.05) is 6.54 Å². The van der Waals surface area contributed by atoms with Gasteiger partial charge in [-0.25, -0.2) is 9.37 Å². The zero-order valence-corrected chi connectivity index (χ0v) is 11.5. The predicted octanol–water partition coefficient (Wildman–Crippen LogP) is 3.38. The second-order valence-corrected chi connectivity index (χ2v) is 5.54. The van der Waals surface area contributed by atoms with Gasteiger partial charge in [-0.05, 0) is 48.6 Å². The summed E-state index contributed by atoms with van der Waals surface area (Å²) in [5.41, 5.74) is 8.01. The molecule has 1 aliphatic carbocycles. The molecule has 1 fully saturated rings. The van der Waals surface area contributed by atoms with Gasteiger partial charge in [0.25, 0.3) is 0 Å². The van der Waals surface area contributed by atoms with Crippen LogP contribution in [-0.4, -0.2) is 16.1 Å². The standard InChI is InChI=1S/C16H20FN3/c17-14-7-5-13(6-8-14)16-10-19-11-20(16)15(9-18)12-3-1-2-4-12/h5-8,10-12,15H,1-4,9,18H2. The van der Waals surface area contributed by atoms with E-state index >= 15 is 0 Å². The summed E-state index contributed by atoms with van der Waals surface area (Å²) < 4.78 is 15.2. The Morgan fingerprint density at radius 1 is 1.25 bits per heavy atom. The minimum Gasteiger partial charge on any atom is -0.328 e. The van der Waals surface area contributed by atoms with Crippen molar-refractivity contribution >= 4 is 0 Å². The topological polar surface area (TPSA) is 43.8 Å². The summed E-state index contributed by atoms with van der Waals surface area (Å²) in [4.78, 5) is 4.27. The molecule has 1 aromatic heterocycles. The number of hydrogen-bond acceptors (Lipinski definition) is 2. The van der Waals surface area contributed by atoms with E-state index in [0.29, 0.717) is 18.5 Å². The molecule has 20 heavy (non-hydrogen) atoms. The summed E-state index contributed by atoms with van der Waals surface area (Å²) in [6.07, 6.45) is 8.76. The number of imidazole rings is 1. The number of nitrogens with zero attached hydrogens (tertiary/aromatic N) is 2. The first kappa shape index (κ1) is 13.3. The molecule has 1 aromatic carbocycles. The number of aromatic nitrogens is 2. The van der Waals surface area contributed by atoms with E-state index in [2.05, 4.69) is 9.55 Å². The van der Waals surface area contributed by atoms with E-state index in [0.717, 1.165) is 11.3 Å². The maximum absolute atomic E-state index is 13.1. The van der Waals surface area contributed by atoms with Crippen LogP contribution >= 0.6 is 0 Å². The molecule has 1 atom stereocenters. The molecule has 0 aliphatic heterocycles. The molecular formula is C16H20FN3. The van der Waals surface area contributed by atoms with Gasteiger partial charge in [-0.3, -0.25) is 0 Å². The molecule has 2 aromatic rings. The minimum atomic E-state index is -0.217. The monoisotopic (exact) mass is 273 g/mol. The molecular weight excluding hydrogens is 253 g/mol. The summed E-state index contributed by atoms with van der Waals surface area (Å²) in [5, 5.41) is 0. The fourth-order valence-electron chi connectivity index (χ4n) is 3.29. The Morgan fingerprint density at radius 3 is 2.60 bits per heavy atom. The van der Waals surface area contributed by atoms with Crippen molar-refractivity contribution in [2.45, 2.75) is 31.7 Å². The number of halogens is 1. The first-order chi connectivity index (χ1) is 9.79. The lowest BCUT2D eigenvalue weighted by Gasteiger charge is -2.25. The van der Waals surface area contributed by atoms with Crippen molar-refractivity contribution in [1.82, 2.24) is 9.55 Å². The van der Waals surface area contributed by atoms with Crippen LogP contribution < -0.4 is 5.73 Å². The Labute approximate surface area is 118 Å². The highest BCUT2D eigenvalue weighted by Crippen LogP contribution is 2.36. The van der Waals surface area contributed by atoms with E-state index in [4.69, 9.17) is 5.73 Å². The molecule has 1 aliphatic rings. The Bertz CT molecular complexity index is 555. The van der Waals surface area contributed by atoms with Crippen molar-refractivity contribution in [3.63, 3.8) is 0 Å². The maximum atomic E-state index is 13.1. The van der Waals surface area contributed by atoms with E-state index in [9.17, 15) is 4.39 Å². The summed E-state index contributed by atoms with van der Waals surface area (Å²) in [5.74, 6) is 0.416. The maximum Gasteiger partial charge on any atom is 0.123 e. The lowest BCUT2D eigenvalue weighted by atomic mass is 9.97. The summed E-state index contributed by atoms with van der Waals surface area (Å²) >= 11 is 0. The number of nitrogens with two attached hydrogens (primary N) is 1. The highest BCUT2D eigenvalue weighted by atomic mass is 19.1. The number of hydrogen-bond donors (Lipinski definition) is 1. The van der Waals surface area contributed by atoms with Crippen molar-refractivity contribution in [1.29, 1.82) is 0 Å². The molecule has 0 bridgehead atoms. The van der Waals surface area contributed by atoms with Crippen LogP contribution in [0.15, 0.2) is 36.8 Å². The normalized spacial score (nSPS) is 17.5. The van der Waals surface area contributed by atoms with Crippen molar-refractivity contribution in [3.8, 4) is 11.3 Å². The molecule has 0 amide bonds. The zero-order chi connectivity index (χ0) is 13.9. The highest BCUT2D eigenvalue weighted by molar-refractivity contribution is 5.58. The molecule has 1 unspecified atom stereocenters. The Balaban J connectivity index is 1.94. The largest absolute Gasteiger partial charge is 0.328 e. The molecule has 0 radical (unpaired) electrons. The number of benzene rings is 1. The Morgan fingerprint density at radius 2 is 1.95 bits per heavy atom. The van der Waals surface area contributed by atoms with Crippen molar-refractivity contribution in [2.24, 2.45) is 11.7 Å². The SMILES string of the molecule is NCC(C1CCCC1)n1cncc1-c1ccc(F)cc1. The van der Waals surface area contributed by atoms with Crippen LogP contribution in [-0.2, 0) is 0 Å². The summed E-state index contributed by atoms with van der Waals surface area (Å²) in [6, 6.07) is 6.86. The molecule has 1 saturated carbocycles. The average Bonchev–Trinajstić information content (AvgIpc) is 3.13. The molecule has 106 valence electrons. The number of rotatable bonds is 4. The van der Waals surface area contributed by atoms with E-state index in [1.54, 1.807) is 12.1 Å². The second kappa shape index (κ2) is 5.75. The van der Waals surface area contributed by atoms with Gasteiger partial charge in [0.2, 0.25) is 0 Å². The molecule has 3 rings (SSSR count). The molecule has 2 N–H and O–H groups in total. The van der Waals surface area contributed by atoms with E-state index in [1.807, 2.05) is 12.5 Å². The minimum absolute atomic E-state index is 0.217. The smallest absolute Gasteiger partial charge is 0.123 e. The third kappa shape index (κ3) is 2.48. The van der Waals surface area contributed by atoms with Crippen molar-refractivity contribution < 1.29 is 4.39 Å². The van der Waals surface area contributed by atoms with Crippen molar-refractivity contribution in [3.05, 3.63) is 42.6 Å². The van der Waals surface area contributed by atoms with Crippen LogP contribution in [0.2, 0.25) is 0 Å². The first-order valence-electron chi connectivity index (χ1n) is 7.27. The third-order valence-electron chi connectivity index (χ3n) is 4.35. The fourth-order valence-corrected chi connectivity index (χ4v) is 3.29. The van der Waals surface area contributed by atoms with Gasteiger partial charge in [0.05, 0.1) is 24.3 Å². The molecule has 1 heterocycles. The van der Waals surface area contributed by atoms with Gasteiger partial charge in [0, 0.05) is 6.54 Å². The zero-order valence-electron chi connectivity index (χ0n) is 11.5. The van der Waals surface area contributed by atoms with Crippen LogP contribution in [0.5, 0.6) is 0 Å². The quantitative estimate of drug-likeness (QED) is 0.928. The van der Waals surface area contributed by atoms with Gasteiger partial charge < -0.3 is 10.3 Å². The Hall–Kier alpha value is -1.68. The van der Waals surface area contributed by atoms with Crippen LogP contribution in [0.4, 0.5) is 4.39 Å². The van der Waals surface area contributed by atoms with E-state index in [-0.39, 0.29) is 5.82 Å². The van der Waals surface area contributed by atoms with Crippen LogP contribution in [0, 0.1) is 11.7 Å². The van der Waals surface area contributed by atoms with Gasteiger partial charge in [-0.2, -0.15) is 0 Å². The van der Waals surface area contributed by atoms with Gasteiger partial charge in [-0.1, -0.05) is 12.8 Å². The van der Waals surface area contributed by atoms with Gasteiger partial charge >= 0.3 is 0 Å². The highest BCUT2D eigenvalue weighted by Gasteiger charge is 2.26. The molecule has 3 nitrogen and oxygen atoms in total. The summed E-state index contributed by atoms with van der Waals surface area (Å²) in [6.45, 7) is 0.620. The molecule has 4 heteroatoms. The van der Waals surface area contributed by atoms with Crippen LogP contribution in [0.3, 0.4) is 0 Å². The molecule has 0 saturated heterocycles. The van der Waals surface area contributed by atoms with E-state index in [1.165, 1.54) is 37.8 Å². The van der Waals surface area contributed by atoms with Crippen LogP contribution in [0.1, 0.15) is 31.7 Å². The van der Waals surface area contributed by atoms with Gasteiger partial charge in [0.15, 0.2) is 0 Å². The van der Waals surface area contributed by atoms with Crippen LogP contribution in [0.25, 0.3) is 11.3 Å². The second-order valence-electron chi connectivity index (χ2n) is 5.54. The van der Waals surface area contributed by atoms with Gasteiger partial charge in [-0.15, -0.1) is 0 Å². The fraction of sp³-hybridized carbons (Fsp3) is 0.438. The van der Waals surface area contributed by atoms with E-state index < -0.39 is 0 Å². The summed E-state index contributed by atoms with van der Waals surface area (Å²) in [7, 11) is 0. The Kier molecular flexibility index (Phi) is 3.83. The van der Waals surface area contributed by atoms with Gasteiger partial charge in [0.1, 0.15) is 5.82 Å². The third-order valence-corrected chi connectivity index (χ3v) is 4.35. The lowest BCUT2D eigenvalue weighted by Crippen LogP contribution is -2.25.